The number of rotatable bonds is 6. The van der Waals surface area contributed by atoms with E-state index in [4.69, 9.17) is 5.84 Å². The van der Waals surface area contributed by atoms with Crippen molar-refractivity contribution in [3.05, 3.63) is 0 Å². The Morgan fingerprint density at radius 3 is 2.33 bits per heavy atom. The van der Waals surface area contributed by atoms with Gasteiger partial charge in [0.05, 0.1) is 0 Å². The van der Waals surface area contributed by atoms with E-state index >= 15 is 0 Å². The Balaban J connectivity index is 2.80. The molecule has 1 rings (SSSR count). The lowest BCUT2D eigenvalue weighted by Crippen LogP contribution is -2.62. The zero-order valence-corrected chi connectivity index (χ0v) is 13.0. The minimum atomic E-state index is 0.125. The monoisotopic (exact) mass is 255 g/mol. The molecule has 18 heavy (non-hydrogen) atoms. The van der Waals surface area contributed by atoms with Crippen LogP contribution in [0.1, 0.15) is 60.3 Å². The highest BCUT2D eigenvalue weighted by molar-refractivity contribution is 4.97. The Morgan fingerprint density at radius 2 is 1.89 bits per heavy atom. The van der Waals surface area contributed by atoms with Crippen molar-refractivity contribution in [2.24, 2.45) is 17.7 Å². The molecule has 0 heterocycles. The van der Waals surface area contributed by atoms with E-state index in [1.165, 1.54) is 25.7 Å². The van der Waals surface area contributed by atoms with Gasteiger partial charge >= 0.3 is 0 Å². The predicted molar refractivity (Wildman–Crippen MR) is 79.2 cm³/mol. The van der Waals surface area contributed by atoms with Gasteiger partial charge in [0.1, 0.15) is 0 Å². The lowest BCUT2D eigenvalue weighted by Gasteiger charge is -2.47. The molecule has 3 unspecified atom stereocenters. The van der Waals surface area contributed by atoms with E-state index < -0.39 is 0 Å². The van der Waals surface area contributed by atoms with Gasteiger partial charge in [-0.2, -0.15) is 0 Å². The molecule has 3 nitrogen and oxygen atoms in total. The van der Waals surface area contributed by atoms with Crippen molar-refractivity contribution in [1.29, 1.82) is 0 Å². The van der Waals surface area contributed by atoms with Gasteiger partial charge in [-0.15, -0.1) is 0 Å². The first kappa shape index (κ1) is 15.9. The number of hydrogen-bond acceptors (Lipinski definition) is 3. The maximum atomic E-state index is 5.91. The van der Waals surface area contributed by atoms with Gasteiger partial charge in [0.2, 0.25) is 0 Å². The Hall–Kier alpha value is -0.120. The number of likely N-dealkylation sites (N-methyl/N-ethyl adjacent to an activating group) is 1. The summed E-state index contributed by atoms with van der Waals surface area (Å²) in [6.07, 6.45) is 5.39. The van der Waals surface area contributed by atoms with Crippen LogP contribution in [0, 0.1) is 11.8 Å². The van der Waals surface area contributed by atoms with E-state index in [2.05, 4.69) is 44.9 Å². The summed E-state index contributed by atoms with van der Waals surface area (Å²) in [6, 6.07) is 0.389. The lowest BCUT2D eigenvalue weighted by atomic mass is 9.73. The van der Waals surface area contributed by atoms with Gasteiger partial charge in [0, 0.05) is 11.6 Å². The molecule has 1 aliphatic carbocycles. The second-order valence-corrected chi connectivity index (χ2v) is 6.50. The zero-order chi connectivity index (χ0) is 13.8. The summed E-state index contributed by atoms with van der Waals surface area (Å²) in [4.78, 5) is 2.52. The highest BCUT2D eigenvalue weighted by Gasteiger charge is 2.39. The first-order valence-corrected chi connectivity index (χ1v) is 7.68. The number of hydrogen-bond donors (Lipinski definition) is 2. The summed E-state index contributed by atoms with van der Waals surface area (Å²) in [5, 5.41) is 0. The number of nitrogens with zero attached hydrogens (tertiary/aromatic N) is 1. The maximum Gasteiger partial charge on any atom is 0.0417 e. The molecule has 1 fully saturated rings. The molecule has 3 N–H and O–H groups in total. The second-order valence-electron chi connectivity index (χ2n) is 6.50. The van der Waals surface area contributed by atoms with Gasteiger partial charge in [-0.05, 0) is 51.6 Å². The summed E-state index contributed by atoms with van der Waals surface area (Å²) in [5.74, 6) is 7.48. The summed E-state index contributed by atoms with van der Waals surface area (Å²) >= 11 is 0. The molecule has 108 valence electrons. The highest BCUT2D eigenvalue weighted by atomic mass is 15.3. The minimum Gasteiger partial charge on any atom is -0.297 e. The van der Waals surface area contributed by atoms with Gasteiger partial charge in [0.15, 0.2) is 0 Å². The lowest BCUT2D eigenvalue weighted by molar-refractivity contribution is 0.0483. The Bertz CT molecular complexity index is 236. The van der Waals surface area contributed by atoms with Gasteiger partial charge in [-0.3, -0.25) is 16.2 Å². The zero-order valence-electron chi connectivity index (χ0n) is 13.0. The van der Waals surface area contributed by atoms with Crippen LogP contribution in [0.2, 0.25) is 0 Å². The third-order valence-electron chi connectivity index (χ3n) is 4.97. The maximum absolute atomic E-state index is 5.91. The smallest absolute Gasteiger partial charge is 0.0417 e. The van der Waals surface area contributed by atoms with Crippen LogP contribution >= 0.6 is 0 Å². The average molecular weight is 255 g/mol. The van der Waals surface area contributed by atoms with Gasteiger partial charge in [-0.1, -0.05) is 33.6 Å². The Kier molecular flexibility index (Phi) is 6.09. The standard InChI is InChI=1S/C15H33N3/c1-6-18(7-2)15(4,5)14(17-16)13-10-8-9-12(3)11-13/h12-14,17H,6-11,16H2,1-5H3. The molecule has 0 radical (unpaired) electrons. The van der Waals surface area contributed by atoms with Crippen LogP contribution in [0.5, 0.6) is 0 Å². The van der Waals surface area contributed by atoms with Crippen molar-refractivity contribution in [3.8, 4) is 0 Å². The topological polar surface area (TPSA) is 41.3 Å². The molecular weight excluding hydrogens is 222 g/mol. The first-order chi connectivity index (χ1) is 8.47. The van der Waals surface area contributed by atoms with Crippen molar-refractivity contribution < 1.29 is 0 Å². The third kappa shape index (κ3) is 3.46. The van der Waals surface area contributed by atoms with E-state index in [0.717, 1.165) is 19.0 Å². The summed E-state index contributed by atoms with van der Waals surface area (Å²) in [5.41, 5.74) is 3.27. The van der Waals surface area contributed by atoms with Crippen molar-refractivity contribution >= 4 is 0 Å². The summed E-state index contributed by atoms with van der Waals surface area (Å²) < 4.78 is 0. The number of nitrogens with two attached hydrogens (primary N) is 1. The van der Waals surface area contributed by atoms with E-state index in [9.17, 15) is 0 Å². The van der Waals surface area contributed by atoms with Crippen molar-refractivity contribution in [2.75, 3.05) is 13.1 Å². The molecule has 0 bridgehead atoms. The third-order valence-corrected chi connectivity index (χ3v) is 4.97. The Morgan fingerprint density at radius 1 is 1.28 bits per heavy atom. The summed E-state index contributed by atoms with van der Waals surface area (Å²) in [6.45, 7) is 13.7. The molecule has 1 aliphatic rings. The normalized spacial score (nSPS) is 27.5. The molecule has 1 saturated carbocycles. The molecule has 3 atom stereocenters. The van der Waals surface area contributed by atoms with E-state index in [-0.39, 0.29) is 5.54 Å². The minimum absolute atomic E-state index is 0.125. The second kappa shape index (κ2) is 6.88. The predicted octanol–water partition coefficient (Wildman–Crippen LogP) is 2.77. The van der Waals surface area contributed by atoms with Crippen molar-refractivity contribution in [3.63, 3.8) is 0 Å². The van der Waals surface area contributed by atoms with Crippen LogP contribution in [0.15, 0.2) is 0 Å². The SMILES string of the molecule is CCN(CC)C(C)(C)C(NN)C1CCCC(C)C1. The van der Waals surface area contributed by atoms with Crippen LogP contribution < -0.4 is 11.3 Å². The van der Waals surface area contributed by atoms with E-state index in [0.29, 0.717) is 12.0 Å². The molecule has 3 heteroatoms. The van der Waals surface area contributed by atoms with Crippen LogP contribution in [-0.2, 0) is 0 Å². The fraction of sp³-hybridized carbons (Fsp3) is 1.00. The molecule has 0 aromatic heterocycles. The van der Waals surface area contributed by atoms with Crippen LogP contribution in [0.3, 0.4) is 0 Å². The van der Waals surface area contributed by atoms with Gasteiger partial charge in [0.25, 0.3) is 0 Å². The first-order valence-electron chi connectivity index (χ1n) is 7.68. The molecular formula is C15H33N3. The number of nitrogens with one attached hydrogen (secondary N) is 1. The van der Waals surface area contributed by atoms with Crippen molar-refractivity contribution in [2.45, 2.75) is 71.9 Å². The summed E-state index contributed by atoms with van der Waals surface area (Å²) in [7, 11) is 0. The molecule has 0 aromatic carbocycles. The van der Waals surface area contributed by atoms with Crippen LogP contribution in [0.4, 0.5) is 0 Å². The fourth-order valence-electron chi connectivity index (χ4n) is 3.94. The molecule has 0 aromatic rings. The van der Waals surface area contributed by atoms with E-state index in [1.54, 1.807) is 0 Å². The molecule has 0 spiro atoms. The Labute approximate surface area is 113 Å². The van der Waals surface area contributed by atoms with E-state index in [1.807, 2.05) is 0 Å². The van der Waals surface area contributed by atoms with Crippen molar-refractivity contribution in [1.82, 2.24) is 10.3 Å². The quantitative estimate of drug-likeness (QED) is 0.566. The fourth-order valence-corrected chi connectivity index (χ4v) is 3.94. The van der Waals surface area contributed by atoms with Gasteiger partial charge < -0.3 is 0 Å². The molecule has 0 aliphatic heterocycles. The largest absolute Gasteiger partial charge is 0.297 e. The van der Waals surface area contributed by atoms with Crippen LogP contribution in [-0.4, -0.2) is 29.6 Å². The van der Waals surface area contributed by atoms with Gasteiger partial charge in [-0.25, -0.2) is 0 Å². The average Bonchev–Trinajstić information content (AvgIpc) is 2.30. The van der Waals surface area contributed by atoms with Crippen LogP contribution in [0.25, 0.3) is 0 Å². The highest BCUT2D eigenvalue weighted by Crippen LogP contribution is 2.35. The number of hydrazine groups is 1. The molecule has 0 amide bonds. The molecule has 0 saturated heterocycles.